The van der Waals surface area contributed by atoms with Crippen molar-refractivity contribution < 1.29 is 4.74 Å². The molecular formula is C17H21N3O. The topological polar surface area (TPSA) is 61.0 Å². The lowest BCUT2D eigenvalue weighted by Gasteiger charge is -2.16. The lowest BCUT2D eigenvalue weighted by Crippen LogP contribution is -2.16. The van der Waals surface area contributed by atoms with Gasteiger partial charge in [0.15, 0.2) is 0 Å². The van der Waals surface area contributed by atoms with E-state index in [9.17, 15) is 0 Å². The molecule has 4 heteroatoms. The van der Waals surface area contributed by atoms with Crippen LogP contribution in [0.3, 0.4) is 0 Å². The van der Waals surface area contributed by atoms with Gasteiger partial charge in [0.1, 0.15) is 5.75 Å². The molecule has 1 aliphatic carbocycles. The third kappa shape index (κ3) is 3.22. The summed E-state index contributed by atoms with van der Waals surface area (Å²) < 4.78 is 5.77. The Balaban J connectivity index is 1.83. The first-order valence-electron chi connectivity index (χ1n) is 7.52. The van der Waals surface area contributed by atoms with Crippen molar-refractivity contribution in [2.24, 2.45) is 5.73 Å². The van der Waals surface area contributed by atoms with Gasteiger partial charge in [0, 0.05) is 0 Å². The van der Waals surface area contributed by atoms with Crippen LogP contribution in [0.25, 0.3) is 0 Å². The van der Waals surface area contributed by atoms with Crippen molar-refractivity contribution in [3.05, 3.63) is 52.8 Å². The predicted octanol–water partition coefficient (Wildman–Crippen LogP) is 2.94. The zero-order valence-electron chi connectivity index (χ0n) is 12.5. The molecule has 1 fully saturated rings. The van der Waals surface area contributed by atoms with Gasteiger partial charge in [-0.3, -0.25) is 0 Å². The molecule has 3 rings (SSSR count). The molecule has 0 aliphatic heterocycles. The average Bonchev–Trinajstić information content (AvgIpc) is 3.31. The van der Waals surface area contributed by atoms with Crippen LogP contribution in [0.1, 0.15) is 48.3 Å². The molecular weight excluding hydrogens is 262 g/mol. The fraction of sp³-hybridized carbons (Fsp3) is 0.412. The number of nitrogens with two attached hydrogens (primary N) is 1. The molecule has 2 aromatic rings. The Labute approximate surface area is 125 Å². The van der Waals surface area contributed by atoms with Gasteiger partial charge >= 0.3 is 0 Å². The third-order valence-corrected chi connectivity index (χ3v) is 3.76. The molecule has 1 saturated carbocycles. The first-order chi connectivity index (χ1) is 10.2. The molecule has 1 aromatic carbocycles. The summed E-state index contributed by atoms with van der Waals surface area (Å²) in [6.07, 6.45) is 3.59. The first kappa shape index (κ1) is 14.0. The molecule has 0 spiro atoms. The Bertz CT molecular complexity index is 620. The molecule has 110 valence electrons. The van der Waals surface area contributed by atoms with Gasteiger partial charge in [-0.1, -0.05) is 19.1 Å². The van der Waals surface area contributed by atoms with Crippen molar-refractivity contribution in [3.63, 3.8) is 0 Å². The zero-order chi connectivity index (χ0) is 14.8. The smallest absolute Gasteiger partial charge is 0.119 e. The van der Waals surface area contributed by atoms with Gasteiger partial charge in [-0.2, -0.15) is 10.2 Å². The van der Waals surface area contributed by atoms with Crippen LogP contribution >= 0.6 is 0 Å². The quantitative estimate of drug-likeness (QED) is 0.916. The maximum Gasteiger partial charge on any atom is 0.119 e. The van der Waals surface area contributed by atoms with Crippen molar-refractivity contribution in [1.29, 1.82) is 0 Å². The van der Waals surface area contributed by atoms with E-state index in [1.54, 1.807) is 0 Å². The summed E-state index contributed by atoms with van der Waals surface area (Å²) in [6.45, 7) is 4.01. The van der Waals surface area contributed by atoms with Crippen LogP contribution in [0.4, 0.5) is 0 Å². The summed E-state index contributed by atoms with van der Waals surface area (Å²) in [5.74, 6) is 0.924. The fourth-order valence-corrected chi connectivity index (χ4v) is 2.39. The van der Waals surface area contributed by atoms with E-state index in [4.69, 9.17) is 10.5 Å². The number of aromatic nitrogens is 2. The number of aryl methyl sites for hydroxylation is 2. The maximum absolute atomic E-state index is 6.42. The summed E-state index contributed by atoms with van der Waals surface area (Å²) >= 11 is 0. The molecule has 1 aromatic heterocycles. The van der Waals surface area contributed by atoms with Gasteiger partial charge in [0.05, 0.1) is 23.5 Å². The molecule has 0 radical (unpaired) electrons. The summed E-state index contributed by atoms with van der Waals surface area (Å²) in [7, 11) is 0. The minimum absolute atomic E-state index is 0.177. The average molecular weight is 283 g/mol. The highest BCUT2D eigenvalue weighted by Gasteiger charge is 2.23. The molecule has 1 aliphatic rings. The van der Waals surface area contributed by atoms with Crippen LogP contribution in [-0.2, 0) is 6.42 Å². The van der Waals surface area contributed by atoms with Gasteiger partial charge in [-0.05, 0) is 55.5 Å². The van der Waals surface area contributed by atoms with E-state index >= 15 is 0 Å². The van der Waals surface area contributed by atoms with Gasteiger partial charge < -0.3 is 10.5 Å². The standard InChI is InChI=1S/C17H21N3O/c1-3-16-15(10-11(2)19-20-16)17(18)12-4-6-13(7-5-12)21-14-8-9-14/h4-7,10,14,17H,3,8-9,18H2,1-2H3. The maximum atomic E-state index is 6.42. The van der Waals surface area contributed by atoms with E-state index in [0.29, 0.717) is 6.10 Å². The Morgan fingerprint density at radius 2 is 1.95 bits per heavy atom. The van der Waals surface area contributed by atoms with E-state index < -0.39 is 0 Å². The summed E-state index contributed by atoms with van der Waals surface area (Å²) in [5, 5.41) is 8.37. The van der Waals surface area contributed by atoms with Crippen molar-refractivity contribution in [2.45, 2.75) is 45.3 Å². The van der Waals surface area contributed by atoms with Crippen LogP contribution in [0, 0.1) is 6.92 Å². The largest absolute Gasteiger partial charge is 0.490 e. The molecule has 1 atom stereocenters. The minimum Gasteiger partial charge on any atom is -0.490 e. The van der Waals surface area contributed by atoms with Gasteiger partial charge in [-0.25, -0.2) is 0 Å². The van der Waals surface area contributed by atoms with Crippen molar-refractivity contribution >= 4 is 0 Å². The van der Waals surface area contributed by atoms with Crippen LogP contribution in [0.2, 0.25) is 0 Å². The number of ether oxygens (including phenoxy) is 1. The van der Waals surface area contributed by atoms with E-state index in [1.165, 1.54) is 12.8 Å². The fourth-order valence-electron chi connectivity index (χ4n) is 2.39. The third-order valence-electron chi connectivity index (χ3n) is 3.76. The molecule has 0 saturated heterocycles. The molecule has 1 heterocycles. The molecule has 2 N–H and O–H groups in total. The van der Waals surface area contributed by atoms with Crippen LogP contribution in [0.5, 0.6) is 5.75 Å². The second kappa shape index (κ2) is 5.82. The molecule has 0 bridgehead atoms. The lowest BCUT2D eigenvalue weighted by molar-refractivity contribution is 0.303. The Hall–Kier alpha value is -1.94. The Kier molecular flexibility index (Phi) is 3.88. The number of benzene rings is 1. The SMILES string of the molecule is CCc1nnc(C)cc1C(N)c1ccc(OC2CC2)cc1. The Morgan fingerprint density at radius 1 is 1.24 bits per heavy atom. The molecule has 0 amide bonds. The summed E-state index contributed by atoms with van der Waals surface area (Å²) in [6, 6.07) is 9.94. The van der Waals surface area contributed by atoms with Crippen LogP contribution < -0.4 is 10.5 Å². The van der Waals surface area contributed by atoms with Gasteiger partial charge in [0.25, 0.3) is 0 Å². The second-order valence-electron chi connectivity index (χ2n) is 5.61. The van der Waals surface area contributed by atoms with Gasteiger partial charge in [0.2, 0.25) is 0 Å². The number of nitrogens with zero attached hydrogens (tertiary/aromatic N) is 2. The van der Waals surface area contributed by atoms with Crippen molar-refractivity contribution in [1.82, 2.24) is 10.2 Å². The number of rotatable bonds is 5. The Morgan fingerprint density at radius 3 is 2.57 bits per heavy atom. The number of hydrogen-bond acceptors (Lipinski definition) is 4. The zero-order valence-corrected chi connectivity index (χ0v) is 12.5. The monoisotopic (exact) mass is 283 g/mol. The molecule has 21 heavy (non-hydrogen) atoms. The highest BCUT2D eigenvalue weighted by atomic mass is 16.5. The molecule has 4 nitrogen and oxygen atoms in total. The van der Waals surface area contributed by atoms with E-state index in [2.05, 4.69) is 17.1 Å². The minimum atomic E-state index is -0.177. The molecule has 1 unspecified atom stereocenters. The van der Waals surface area contributed by atoms with E-state index in [1.807, 2.05) is 37.3 Å². The van der Waals surface area contributed by atoms with Crippen LogP contribution in [0.15, 0.2) is 30.3 Å². The summed E-state index contributed by atoms with van der Waals surface area (Å²) in [4.78, 5) is 0. The van der Waals surface area contributed by atoms with E-state index in [-0.39, 0.29) is 6.04 Å². The van der Waals surface area contributed by atoms with Gasteiger partial charge in [-0.15, -0.1) is 0 Å². The highest BCUT2D eigenvalue weighted by molar-refractivity contribution is 5.37. The van der Waals surface area contributed by atoms with Crippen molar-refractivity contribution in [2.75, 3.05) is 0 Å². The second-order valence-corrected chi connectivity index (χ2v) is 5.61. The van der Waals surface area contributed by atoms with Crippen molar-refractivity contribution in [3.8, 4) is 5.75 Å². The normalized spacial score (nSPS) is 15.8. The van der Waals surface area contributed by atoms with E-state index in [0.717, 1.165) is 34.7 Å². The lowest BCUT2D eigenvalue weighted by atomic mass is 9.97. The number of hydrogen-bond donors (Lipinski definition) is 1. The first-order valence-corrected chi connectivity index (χ1v) is 7.52. The van der Waals surface area contributed by atoms with Crippen LogP contribution in [-0.4, -0.2) is 16.3 Å². The summed E-state index contributed by atoms with van der Waals surface area (Å²) in [5.41, 5.74) is 10.4. The predicted molar refractivity (Wildman–Crippen MR) is 82.3 cm³/mol. The highest BCUT2D eigenvalue weighted by Crippen LogP contribution is 2.28.